The number of nitrogens with zero attached hydrogens (tertiary/aromatic N) is 2. The Morgan fingerprint density at radius 3 is 2.96 bits per heavy atom. The van der Waals surface area contributed by atoms with Crippen LogP contribution in [0.2, 0.25) is 0 Å². The van der Waals surface area contributed by atoms with Gasteiger partial charge >= 0.3 is 5.97 Å². The average Bonchev–Trinajstić information content (AvgIpc) is 3.04. The molecule has 0 saturated carbocycles. The molecule has 152 valence electrons. The Kier molecular flexibility index (Phi) is 6.50. The molecule has 2 aliphatic rings. The van der Waals surface area contributed by atoms with Crippen LogP contribution in [0.5, 0.6) is 0 Å². The Morgan fingerprint density at radius 1 is 1.36 bits per heavy atom. The molecule has 0 unspecified atom stereocenters. The summed E-state index contributed by atoms with van der Waals surface area (Å²) >= 11 is 3.32. The third kappa shape index (κ3) is 4.50. The Morgan fingerprint density at radius 2 is 2.18 bits per heavy atom. The number of thioether (sulfide) groups is 1. The molecule has 28 heavy (non-hydrogen) atoms. The van der Waals surface area contributed by atoms with Gasteiger partial charge in [-0.05, 0) is 37.7 Å². The van der Waals surface area contributed by atoms with Crippen LogP contribution in [0.25, 0.3) is 10.2 Å². The minimum atomic E-state index is -0.183. The van der Waals surface area contributed by atoms with Gasteiger partial charge in [-0.15, -0.1) is 11.3 Å². The second-order valence-corrected chi connectivity index (χ2v) is 9.66. The summed E-state index contributed by atoms with van der Waals surface area (Å²) in [5.41, 5.74) is 1.41. The van der Waals surface area contributed by atoms with E-state index in [0.29, 0.717) is 12.4 Å². The van der Waals surface area contributed by atoms with Gasteiger partial charge in [-0.3, -0.25) is 4.79 Å². The number of morpholine rings is 1. The number of hydrogen-bond acceptors (Lipinski definition) is 7. The van der Waals surface area contributed by atoms with E-state index < -0.39 is 0 Å². The first-order valence-electron chi connectivity index (χ1n) is 10.1. The lowest BCUT2D eigenvalue weighted by molar-refractivity contribution is -0.922. The third-order valence-electron chi connectivity index (χ3n) is 5.41. The summed E-state index contributed by atoms with van der Waals surface area (Å²) < 4.78 is 10.6. The second kappa shape index (κ2) is 9.07. The predicted molar refractivity (Wildman–Crippen MR) is 111 cm³/mol. The first-order chi connectivity index (χ1) is 13.6. The molecule has 8 heteroatoms. The number of quaternary nitrogens is 1. The lowest BCUT2D eigenvalue weighted by Crippen LogP contribution is -3.12. The zero-order valence-electron chi connectivity index (χ0n) is 16.6. The Labute approximate surface area is 174 Å². The number of rotatable bonds is 6. The molecular formula is C20H28N3O3S2+. The van der Waals surface area contributed by atoms with Crippen molar-refractivity contribution in [3.8, 4) is 0 Å². The molecular weight excluding hydrogens is 394 g/mol. The van der Waals surface area contributed by atoms with Gasteiger partial charge in [0.25, 0.3) is 0 Å². The van der Waals surface area contributed by atoms with Crippen molar-refractivity contribution >= 4 is 39.3 Å². The van der Waals surface area contributed by atoms with Crippen molar-refractivity contribution in [2.45, 2.75) is 44.7 Å². The summed E-state index contributed by atoms with van der Waals surface area (Å²) in [5, 5.41) is 2.13. The molecule has 0 bridgehead atoms. The van der Waals surface area contributed by atoms with Gasteiger partial charge in [0.1, 0.15) is 29.5 Å². The van der Waals surface area contributed by atoms with Crippen LogP contribution in [0, 0.1) is 5.92 Å². The normalized spacial score (nSPS) is 20.3. The number of carbonyl (C=O) groups is 1. The number of fused-ring (bicyclic) bond motifs is 3. The van der Waals surface area contributed by atoms with Crippen molar-refractivity contribution in [2.24, 2.45) is 5.92 Å². The van der Waals surface area contributed by atoms with E-state index in [1.54, 1.807) is 0 Å². The van der Waals surface area contributed by atoms with Gasteiger partial charge in [0.2, 0.25) is 0 Å². The van der Waals surface area contributed by atoms with Crippen LogP contribution in [0.1, 0.15) is 36.5 Å². The topological polar surface area (TPSA) is 65.8 Å². The Balaban J connectivity index is 1.66. The molecule has 0 amide bonds. The number of ether oxygens (including phenoxy) is 2. The lowest BCUT2D eigenvalue weighted by atomic mass is 9.89. The van der Waals surface area contributed by atoms with Crippen molar-refractivity contribution in [1.29, 1.82) is 0 Å². The van der Waals surface area contributed by atoms with Crippen molar-refractivity contribution in [3.63, 3.8) is 0 Å². The Bertz CT molecular complexity index is 849. The monoisotopic (exact) mass is 422 g/mol. The maximum absolute atomic E-state index is 11.9. The molecule has 1 aliphatic heterocycles. The van der Waals surface area contributed by atoms with Crippen molar-refractivity contribution in [1.82, 2.24) is 9.97 Å². The summed E-state index contributed by atoms with van der Waals surface area (Å²) in [5.74, 6) is 1.71. The summed E-state index contributed by atoms with van der Waals surface area (Å²) in [6.45, 7) is 8.96. The number of nitrogens with one attached hydrogen (secondary N) is 1. The van der Waals surface area contributed by atoms with Crippen LogP contribution in [0.3, 0.4) is 0 Å². The molecule has 4 rings (SSSR count). The second-order valence-electron chi connectivity index (χ2n) is 7.61. The highest BCUT2D eigenvalue weighted by Gasteiger charge is 2.25. The fourth-order valence-electron chi connectivity index (χ4n) is 3.92. The highest BCUT2D eigenvalue weighted by molar-refractivity contribution is 8.00. The zero-order valence-corrected chi connectivity index (χ0v) is 18.2. The quantitative estimate of drug-likeness (QED) is 0.436. The van der Waals surface area contributed by atoms with E-state index in [4.69, 9.17) is 19.4 Å². The molecule has 1 N–H and O–H groups in total. The van der Waals surface area contributed by atoms with E-state index in [1.165, 1.54) is 38.9 Å². The maximum Gasteiger partial charge on any atom is 0.316 e. The van der Waals surface area contributed by atoms with E-state index in [2.05, 4.69) is 6.92 Å². The summed E-state index contributed by atoms with van der Waals surface area (Å²) in [6, 6.07) is 0. The number of carbonyl (C=O) groups excluding carboxylic acids is 1. The highest BCUT2D eigenvalue weighted by atomic mass is 32.2. The first kappa shape index (κ1) is 20.1. The predicted octanol–water partition coefficient (Wildman–Crippen LogP) is 1.89. The fraction of sp³-hybridized carbons (Fsp3) is 0.650. The number of aromatic nitrogens is 2. The summed E-state index contributed by atoms with van der Waals surface area (Å²) in [4.78, 5) is 25.8. The smallest absolute Gasteiger partial charge is 0.316 e. The van der Waals surface area contributed by atoms with E-state index in [0.717, 1.165) is 67.3 Å². The molecule has 1 fully saturated rings. The molecule has 1 atom stereocenters. The van der Waals surface area contributed by atoms with E-state index in [1.807, 2.05) is 18.3 Å². The van der Waals surface area contributed by atoms with Crippen LogP contribution in [-0.4, -0.2) is 54.6 Å². The maximum atomic E-state index is 11.9. The van der Waals surface area contributed by atoms with Crippen LogP contribution >= 0.6 is 23.1 Å². The van der Waals surface area contributed by atoms with Gasteiger partial charge in [-0.2, -0.15) is 0 Å². The molecule has 2 aromatic rings. The molecule has 6 nitrogen and oxygen atoms in total. The number of hydrogen-bond donors (Lipinski definition) is 1. The summed E-state index contributed by atoms with van der Waals surface area (Å²) in [7, 11) is 0. The van der Waals surface area contributed by atoms with Gasteiger partial charge in [0, 0.05) is 10.3 Å². The van der Waals surface area contributed by atoms with E-state index in [9.17, 15) is 4.79 Å². The van der Waals surface area contributed by atoms with E-state index in [-0.39, 0.29) is 5.97 Å². The Hall–Kier alpha value is -1.22. The third-order valence-corrected chi connectivity index (χ3v) is 7.51. The number of aryl methyl sites for hydroxylation is 1. The number of thiophene rings is 1. The van der Waals surface area contributed by atoms with Crippen LogP contribution in [0.15, 0.2) is 5.03 Å². The van der Waals surface area contributed by atoms with Crippen LogP contribution in [0.4, 0.5) is 0 Å². The molecule has 0 aromatic carbocycles. The van der Waals surface area contributed by atoms with Crippen LogP contribution in [-0.2, 0) is 33.7 Å². The average molecular weight is 423 g/mol. The zero-order chi connectivity index (χ0) is 19.5. The van der Waals surface area contributed by atoms with Crippen molar-refractivity contribution in [3.05, 3.63) is 16.3 Å². The van der Waals surface area contributed by atoms with Gasteiger partial charge in [0.05, 0.1) is 25.6 Å². The molecule has 1 saturated heterocycles. The molecule has 3 heterocycles. The highest BCUT2D eigenvalue weighted by Crippen LogP contribution is 2.40. The lowest BCUT2D eigenvalue weighted by Gasteiger charge is -2.23. The van der Waals surface area contributed by atoms with Crippen molar-refractivity contribution < 1.29 is 19.2 Å². The van der Waals surface area contributed by atoms with Crippen molar-refractivity contribution in [2.75, 3.05) is 38.7 Å². The molecule has 1 aliphatic carbocycles. The van der Waals surface area contributed by atoms with Gasteiger partial charge in [-0.25, -0.2) is 9.97 Å². The SMILES string of the molecule is CCOC(=O)CSc1nc(C[NH+]2CCOCC2)nc2sc3c(c12)CC[C@@H](C)C3. The first-order valence-corrected chi connectivity index (χ1v) is 11.9. The molecule has 0 spiro atoms. The fourth-order valence-corrected chi connectivity index (χ4v) is 6.26. The molecule has 2 aromatic heterocycles. The van der Waals surface area contributed by atoms with E-state index >= 15 is 0 Å². The minimum Gasteiger partial charge on any atom is -0.465 e. The standard InChI is InChI=1S/C20H27N3O3S2/c1-3-26-17(24)12-27-19-18-14-5-4-13(2)10-15(14)28-20(18)22-16(21-19)11-23-6-8-25-9-7-23/h13H,3-12H2,1-2H3/p+1/t13-/m1/s1. The molecule has 0 radical (unpaired) electrons. The summed E-state index contributed by atoms with van der Waals surface area (Å²) in [6.07, 6.45) is 3.42. The van der Waals surface area contributed by atoms with Crippen LogP contribution < -0.4 is 4.90 Å². The largest absolute Gasteiger partial charge is 0.465 e. The number of esters is 1. The minimum absolute atomic E-state index is 0.183. The van der Waals surface area contributed by atoms with Gasteiger partial charge < -0.3 is 14.4 Å². The van der Waals surface area contributed by atoms with Gasteiger partial charge in [-0.1, -0.05) is 18.7 Å². The van der Waals surface area contributed by atoms with Gasteiger partial charge in [0.15, 0.2) is 5.82 Å².